The number of methoxy groups -OCH3 is 1. The smallest absolute Gasteiger partial charge is 0.339 e. The fourth-order valence-electron chi connectivity index (χ4n) is 1.68. The fourth-order valence-corrected chi connectivity index (χ4v) is 1.68. The molecule has 0 radical (unpaired) electrons. The molecule has 2 heterocycles. The Labute approximate surface area is 111 Å². The van der Waals surface area contributed by atoms with E-state index in [2.05, 4.69) is 20.0 Å². The molecule has 0 saturated carbocycles. The fraction of sp³-hybridized carbons (Fsp3) is 0.214. The van der Waals surface area contributed by atoms with E-state index in [0.717, 1.165) is 5.56 Å². The summed E-state index contributed by atoms with van der Waals surface area (Å²) in [6.45, 7) is 2.42. The SMILES string of the molecule is COC(=O)c1ccc(NCc2cccnc2)nc1C. The molecule has 2 aromatic rings. The number of nitrogens with one attached hydrogen (secondary N) is 1. The van der Waals surface area contributed by atoms with E-state index in [1.54, 1.807) is 31.5 Å². The van der Waals surface area contributed by atoms with Crippen LogP contribution >= 0.6 is 0 Å². The Bertz CT molecular complexity index is 570. The van der Waals surface area contributed by atoms with Gasteiger partial charge in [0.2, 0.25) is 0 Å². The van der Waals surface area contributed by atoms with E-state index >= 15 is 0 Å². The van der Waals surface area contributed by atoms with Gasteiger partial charge in [0.25, 0.3) is 0 Å². The Morgan fingerprint density at radius 3 is 2.84 bits per heavy atom. The molecule has 19 heavy (non-hydrogen) atoms. The van der Waals surface area contributed by atoms with E-state index in [4.69, 9.17) is 0 Å². The molecule has 2 rings (SSSR count). The monoisotopic (exact) mass is 257 g/mol. The summed E-state index contributed by atoms with van der Waals surface area (Å²) in [4.78, 5) is 19.8. The first kappa shape index (κ1) is 13.0. The van der Waals surface area contributed by atoms with Gasteiger partial charge >= 0.3 is 5.97 Å². The lowest BCUT2D eigenvalue weighted by atomic mass is 10.2. The maximum atomic E-state index is 11.4. The van der Waals surface area contributed by atoms with Crippen molar-refractivity contribution >= 4 is 11.8 Å². The van der Waals surface area contributed by atoms with Crippen LogP contribution in [0.3, 0.4) is 0 Å². The van der Waals surface area contributed by atoms with Crippen molar-refractivity contribution in [2.24, 2.45) is 0 Å². The number of ether oxygens (including phenoxy) is 1. The molecule has 5 heteroatoms. The van der Waals surface area contributed by atoms with Crippen molar-refractivity contribution < 1.29 is 9.53 Å². The van der Waals surface area contributed by atoms with Gasteiger partial charge in [-0.1, -0.05) is 6.07 Å². The molecule has 0 atom stereocenters. The maximum absolute atomic E-state index is 11.4. The van der Waals surface area contributed by atoms with Crippen molar-refractivity contribution in [3.8, 4) is 0 Å². The third-order valence-electron chi connectivity index (χ3n) is 2.69. The number of hydrogen-bond donors (Lipinski definition) is 1. The lowest BCUT2D eigenvalue weighted by molar-refractivity contribution is 0.0599. The summed E-state index contributed by atoms with van der Waals surface area (Å²) in [7, 11) is 1.36. The number of hydrogen-bond acceptors (Lipinski definition) is 5. The second-order valence-electron chi connectivity index (χ2n) is 4.04. The number of aryl methyl sites for hydroxylation is 1. The van der Waals surface area contributed by atoms with Crippen molar-refractivity contribution in [3.05, 3.63) is 53.5 Å². The van der Waals surface area contributed by atoms with E-state index in [-0.39, 0.29) is 5.97 Å². The lowest BCUT2D eigenvalue weighted by Crippen LogP contribution is -2.08. The summed E-state index contributed by atoms with van der Waals surface area (Å²) >= 11 is 0. The highest BCUT2D eigenvalue weighted by Crippen LogP contribution is 2.12. The summed E-state index contributed by atoms with van der Waals surface area (Å²) in [5, 5.41) is 3.18. The summed E-state index contributed by atoms with van der Waals surface area (Å²) in [6.07, 6.45) is 3.53. The number of aromatic nitrogens is 2. The Hall–Kier alpha value is -2.43. The number of carbonyl (C=O) groups is 1. The molecule has 2 aromatic heterocycles. The topological polar surface area (TPSA) is 64.1 Å². The number of carbonyl (C=O) groups excluding carboxylic acids is 1. The van der Waals surface area contributed by atoms with Gasteiger partial charge in [-0.25, -0.2) is 9.78 Å². The van der Waals surface area contributed by atoms with Crippen LogP contribution in [-0.2, 0) is 11.3 Å². The number of pyridine rings is 2. The van der Waals surface area contributed by atoms with Gasteiger partial charge in [-0.05, 0) is 30.7 Å². The molecule has 0 aliphatic carbocycles. The molecule has 0 aromatic carbocycles. The Morgan fingerprint density at radius 1 is 1.37 bits per heavy atom. The van der Waals surface area contributed by atoms with Crippen molar-refractivity contribution in [3.63, 3.8) is 0 Å². The number of nitrogens with zero attached hydrogens (tertiary/aromatic N) is 2. The summed E-state index contributed by atoms with van der Waals surface area (Å²) in [6, 6.07) is 7.33. The van der Waals surface area contributed by atoms with Crippen LogP contribution in [0.25, 0.3) is 0 Å². The molecule has 0 saturated heterocycles. The molecule has 0 amide bonds. The molecular formula is C14H15N3O2. The van der Waals surface area contributed by atoms with Crippen LogP contribution in [0.15, 0.2) is 36.7 Å². The van der Waals surface area contributed by atoms with Crippen molar-refractivity contribution in [1.82, 2.24) is 9.97 Å². The first-order chi connectivity index (χ1) is 9.20. The van der Waals surface area contributed by atoms with Gasteiger partial charge in [-0.2, -0.15) is 0 Å². The predicted molar refractivity (Wildman–Crippen MR) is 71.9 cm³/mol. The van der Waals surface area contributed by atoms with Crippen LogP contribution in [0.2, 0.25) is 0 Å². The van der Waals surface area contributed by atoms with Gasteiger partial charge in [0, 0.05) is 18.9 Å². The van der Waals surface area contributed by atoms with Crippen LogP contribution in [-0.4, -0.2) is 23.0 Å². The molecule has 1 N–H and O–H groups in total. The first-order valence-corrected chi connectivity index (χ1v) is 5.89. The molecule has 0 fully saturated rings. The van der Waals surface area contributed by atoms with Gasteiger partial charge in [0.05, 0.1) is 18.4 Å². The first-order valence-electron chi connectivity index (χ1n) is 5.89. The highest BCUT2D eigenvalue weighted by Gasteiger charge is 2.10. The Balaban J connectivity index is 2.06. The van der Waals surface area contributed by atoms with E-state index in [1.807, 2.05) is 12.1 Å². The normalized spacial score (nSPS) is 10.0. The summed E-state index contributed by atoms with van der Waals surface area (Å²) < 4.78 is 4.68. The molecule has 0 spiro atoms. The minimum absolute atomic E-state index is 0.371. The lowest BCUT2D eigenvalue weighted by Gasteiger charge is -2.08. The van der Waals surface area contributed by atoms with Crippen LogP contribution in [0, 0.1) is 6.92 Å². The zero-order valence-corrected chi connectivity index (χ0v) is 10.9. The summed E-state index contributed by atoms with van der Waals surface area (Å²) in [5.41, 5.74) is 2.19. The molecule has 0 aliphatic heterocycles. The standard InChI is InChI=1S/C14H15N3O2/c1-10-12(14(18)19-2)5-6-13(17-10)16-9-11-4-3-7-15-8-11/h3-8H,9H2,1-2H3,(H,16,17). The van der Waals surface area contributed by atoms with Gasteiger partial charge < -0.3 is 10.1 Å². The molecule has 98 valence electrons. The maximum Gasteiger partial charge on any atom is 0.339 e. The third kappa shape index (κ3) is 3.28. The molecule has 0 aliphatic rings. The van der Waals surface area contributed by atoms with Gasteiger partial charge in [0.15, 0.2) is 0 Å². The van der Waals surface area contributed by atoms with Crippen molar-refractivity contribution in [2.45, 2.75) is 13.5 Å². The average molecular weight is 257 g/mol. The Morgan fingerprint density at radius 2 is 2.21 bits per heavy atom. The van der Waals surface area contributed by atoms with Crippen LogP contribution < -0.4 is 5.32 Å². The Kier molecular flexibility index (Phi) is 4.07. The molecule has 0 unspecified atom stereocenters. The van der Waals surface area contributed by atoms with E-state index < -0.39 is 0 Å². The largest absolute Gasteiger partial charge is 0.465 e. The zero-order valence-electron chi connectivity index (χ0n) is 10.9. The van der Waals surface area contributed by atoms with E-state index in [9.17, 15) is 4.79 Å². The second kappa shape index (κ2) is 5.95. The second-order valence-corrected chi connectivity index (χ2v) is 4.04. The van der Waals surface area contributed by atoms with Crippen LogP contribution in [0.1, 0.15) is 21.6 Å². The minimum Gasteiger partial charge on any atom is -0.465 e. The third-order valence-corrected chi connectivity index (χ3v) is 2.69. The number of rotatable bonds is 4. The van der Waals surface area contributed by atoms with E-state index in [0.29, 0.717) is 23.6 Å². The van der Waals surface area contributed by atoms with Crippen molar-refractivity contribution in [2.75, 3.05) is 12.4 Å². The molecule has 5 nitrogen and oxygen atoms in total. The quantitative estimate of drug-likeness (QED) is 0.850. The van der Waals surface area contributed by atoms with Gasteiger partial charge in [-0.3, -0.25) is 4.98 Å². The molecular weight excluding hydrogens is 242 g/mol. The van der Waals surface area contributed by atoms with Gasteiger partial charge in [0.1, 0.15) is 5.82 Å². The molecule has 0 bridgehead atoms. The highest BCUT2D eigenvalue weighted by atomic mass is 16.5. The van der Waals surface area contributed by atoms with E-state index in [1.165, 1.54) is 7.11 Å². The summed E-state index contributed by atoms with van der Waals surface area (Å²) in [5.74, 6) is 0.345. The number of esters is 1. The predicted octanol–water partition coefficient (Wildman–Crippen LogP) is 2.18. The zero-order chi connectivity index (χ0) is 13.7. The number of anilines is 1. The minimum atomic E-state index is -0.371. The van der Waals surface area contributed by atoms with Crippen LogP contribution in [0.5, 0.6) is 0 Å². The average Bonchev–Trinajstić information content (AvgIpc) is 2.45. The van der Waals surface area contributed by atoms with Crippen molar-refractivity contribution in [1.29, 1.82) is 0 Å². The van der Waals surface area contributed by atoms with Crippen LogP contribution in [0.4, 0.5) is 5.82 Å². The highest BCUT2D eigenvalue weighted by molar-refractivity contribution is 5.90. The van der Waals surface area contributed by atoms with Gasteiger partial charge in [-0.15, -0.1) is 0 Å².